The van der Waals surface area contributed by atoms with Gasteiger partial charge in [0.2, 0.25) is 0 Å². The predicted octanol–water partition coefficient (Wildman–Crippen LogP) is 3.56. The Labute approximate surface area is 156 Å². The molecule has 0 saturated heterocycles. The molecule has 0 aliphatic rings. The summed E-state index contributed by atoms with van der Waals surface area (Å²) in [5, 5.41) is 3.43. The highest BCUT2D eigenvalue weighted by atomic mass is 16.5. The fraction of sp³-hybridized carbons (Fsp3) is 0.190. The van der Waals surface area contributed by atoms with Gasteiger partial charge in [-0.05, 0) is 32.0 Å². The number of aromatic nitrogens is 1. The number of nitrogens with zero attached hydrogens (tertiary/aromatic N) is 1. The van der Waals surface area contributed by atoms with Gasteiger partial charge in [-0.3, -0.25) is 9.59 Å². The summed E-state index contributed by atoms with van der Waals surface area (Å²) in [5.74, 6) is -1.13. The van der Waals surface area contributed by atoms with Crippen LogP contribution in [0.25, 0.3) is 10.9 Å². The van der Waals surface area contributed by atoms with E-state index in [1.807, 2.05) is 35.9 Å². The van der Waals surface area contributed by atoms with Crippen LogP contribution in [0, 0.1) is 0 Å². The molecule has 1 amide bonds. The van der Waals surface area contributed by atoms with E-state index < -0.39 is 18.0 Å². The Morgan fingerprint density at radius 3 is 2.56 bits per heavy atom. The molecular formula is C21H20N2O4. The van der Waals surface area contributed by atoms with Gasteiger partial charge in [0.25, 0.3) is 5.91 Å². The van der Waals surface area contributed by atoms with E-state index in [1.54, 1.807) is 30.5 Å². The Morgan fingerprint density at radius 1 is 1.07 bits per heavy atom. The van der Waals surface area contributed by atoms with Crippen LogP contribution in [-0.2, 0) is 16.6 Å². The summed E-state index contributed by atoms with van der Waals surface area (Å²) in [4.78, 5) is 36.3. The number of nitrogens with one attached hydrogen (secondary N) is 1. The van der Waals surface area contributed by atoms with Gasteiger partial charge in [0, 0.05) is 35.4 Å². The smallest absolute Gasteiger partial charge is 0.341 e. The summed E-state index contributed by atoms with van der Waals surface area (Å²) in [6.07, 6.45) is 0.700. The highest BCUT2D eigenvalue weighted by Crippen LogP contribution is 2.21. The Morgan fingerprint density at radius 2 is 1.81 bits per heavy atom. The van der Waals surface area contributed by atoms with Crippen molar-refractivity contribution < 1.29 is 19.1 Å². The predicted molar refractivity (Wildman–Crippen MR) is 103 cm³/mol. The molecule has 3 rings (SSSR count). The van der Waals surface area contributed by atoms with Crippen LogP contribution in [0.1, 0.15) is 34.6 Å². The topological polar surface area (TPSA) is 77.4 Å². The normalized spacial score (nSPS) is 11.8. The number of benzene rings is 2. The van der Waals surface area contributed by atoms with Gasteiger partial charge in [-0.1, -0.05) is 30.3 Å². The monoisotopic (exact) mass is 364 g/mol. The quantitative estimate of drug-likeness (QED) is 0.555. The first-order valence-electron chi connectivity index (χ1n) is 8.53. The van der Waals surface area contributed by atoms with Gasteiger partial charge < -0.3 is 14.6 Å². The van der Waals surface area contributed by atoms with E-state index in [-0.39, 0.29) is 5.78 Å². The number of para-hydroxylation sites is 1. The van der Waals surface area contributed by atoms with E-state index in [2.05, 4.69) is 5.32 Å². The summed E-state index contributed by atoms with van der Waals surface area (Å²) in [5.41, 5.74) is 2.28. The van der Waals surface area contributed by atoms with E-state index in [9.17, 15) is 14.4 Å². The van der Waals surface area contributed by atoms with Gasteiger partial charge in [0.05, 0.1) is 5.56 Å². The number of ketones is 1. The van der Waals surface area contributed by atoms with Crippen LogP contribution in [0.15, 0.2) is 54.7 Å². The van der Waals surface area contributed by atoms with Crippen molar-refractivity contribution in [2.75, 3.05) is 5.32 Å². The van der Waals surface area contributed by atoms with Gasteiger partial charge in [-0.2, -0.15) is 0 Å². The van der Waals surface area contributed by atoms with Crippen molar-refractivity contribution >= 4 is 34.3 Å². The lowest BCUT2D eigenvalue weighted by Crippen LogP contribution is -2.30. The highest BCUT2D eigenvalue weighted by molar-refractivity contribution is 6.05. The zero-order valence-corrected chi connectivity index (χ0v) is 15.4. The average Bonchev–Trinajstić information content (AvgIpc) is 2.99. The first kappa shape index (κ1) is 18.4. The number of amides is 1. The SMILES string of the molecule is CC(=O)c1cccc(NC(=O)[C@H](C)OC(=O)c2cn(C)c3ccccc23)c1. The molecule has 6 nitrogen and oxygen atoms in total. The molecule has 1 atom stereocenters. The van der Waals surface area contributed by atoms with Gasteiger partial charge >= 0.3 is 5.97 Å². The van der Waals surface area contributed by atoms with E-state index in [4.69, 9.17) is 4.74 Å². The first-order valence-corrected chi connectivity index (χ1v) is 8.53. The average molecular weight is 364 g/mol. The molecule has 6 heteroatoms. The van der Waals surface area contributed by atoms with E-state index in [0.717, 1.165) is 10.9 Å². The van der Waals surface area contributed by atoms with Crippen LogP contribution in [0.2, 0.25) is 0 Å². The minimum Gasteiger partial charge on any atom is -0.449 e. The summed E-state index contributed by atoms with van der Waals surface area (Å²) in [6, 6.07) is 14.1. The maximum atomic E-state index is 12.5. The Kier molecular flexibility index (Phi) is 5.07. The zero-order valence-electron chi connectivity index (χ0n) is 15.4. The Hall–Kier alpha value is -3.41. The number of rotatable bonds is 5. The van der Waals surface area contributed by atoms with E-state index in [0.29, 0.717) is 16.8 Å². The standard InChI is InChI=1S/C21H20N2O4/c1-13(24)15-7-6-8-16(11-15)22-20(25)14(2)27-21(26)18-12-23(3)19-10-5-4-9-17(18)19/h4-12,14H,1-3H3,(H,22,25)/t14-/m0/s1. The second-order valence-electron chi connectivity index (χ2n) is 6.34. The minimum absolute atomic E-state index is 0.0958. The molecule has 0 aliphatic carbocycles. The van der Waals surface area contributed by atoms with Gasteiger partial charge in [-0.15, -0.1) is 0 Å². The third-order valence-corrected chi connectivity index (χ3v) is 4.31. The summed E-state index contributed by atoms with van der Waals surface area (Å²) in [7, 11) is 1.84. The van der Waals surface area contributed by atoms with Crippen LogP contribution >= 0.6 is 0 Å². The number of carbonyl (C=O) groups excluding carboxylic acids is 3. The third kappa shape index (κ3) is 3.89. The Bertz CT molecular complexity index is 1040. The van der Waals surface area contributed by atoms with Gasteiger partial charge in [-0.25, -0.2) is 4.79 Å². The minimum atomic E-state index is -0.988. The van der Waals surface area contributed by atoms with Crippen molar-refractivity contribution in [1.82, 2.24) is 4.57 Å². The van der Waals surface area contributed by atoms with Crippen LogP contribution in [0.3, 0.4) is 0 Å². The van der Waals surface area contributed by atoms with E-state index in [1.165, 1.54) is 13.8 Å². The van der Waals surface area contributed by atoms with Crippen LogP contribution in [0.5, 0.6) is 0 Å². The molecule has 0 saturated carbocycles. The Balaban J connectivity index is 1.71. The number of Topliss-reactive ketones (excluding diaryl/α,β-unsaturated/α-hetero) is 1. The number of carbonyl (C=O) groups is 3. The molecule has 0 fully saturated rings. The number of anilines is 1. The van der Waals surface area contributed by atoms with Crippen molar-refractivity contribution in [2.24, 2.45) is 7.05 Å². The van der Waals surface area contributed by atoms with E-state index >= 15 is 0 Å². The largest absolute Gasteiger partial charge is 0.449 e. The van der Waals surface area contributed by atoms with Gasteiger partial charge in [0.15, 0.2) is 11.9 Å². The maximum Gasteiger partial charge on any atom is 0.341 e. The molecule has 0 unspecified atom stereocenters. The summed E-state index contributed by atoms with van der Waals surface area (Å²) < 4.78 is 7.18. The maximum absolute atomic E-state index is 12.5. The molecule has 138 valence electrons. The summed E-state index contributed by atoms with van der Waals surface area (Å²) in [6.45, 7) is 2.96. The van der Waals surface area contributed by atoms with Crippen molar-refractivity contribution in [3.8, 4) is 0 Å². The molecule has 0 spiro atoms. The van der Waals surface area contributed by atoms with Crippen molar-refractivity contribution in [1.29, 1.82) is 0 Å². The number of esters is 1. The first-order chi connectivity index (χ1) is 12.9. The number of hydrogen-bond donors (Lipinski definition) is 1. The highest BCUT2D eigenvalue weighted by Gasteiger charge is 2.22. The second-order valence-corrected chi connectivity index (χ2v) is 6.34. The number of hydrogen-bond acceptors (Lipinski definition) is 4. The molecule has 1 heterocycles. The van der Waals surface area contributed by atoms with Crippen LogP contribution in [0.4, 0.5) is 5.69 Å². The number of fused-ring (bicyclic) bond motifs is 1. The second kappa shape index (κ2) is 7.45. The molecule has 2 aromatic carbocycles. The fourth-order valence-corrected chi connectivity index (χ4v) is 2.84. The lowest BCUT2D eigenvalue weighted by molar-refractivity contribution is -0.123. The fourth-order valence-electron chi connectivity index (χ4n) is 2.84. The lowest BCUT2D eigenvalue weighted by Gasteiger charge is -2.13. The lowest BCUT2D eigenvalue weighted by atomic mass is 10.1. The molecule has 0 radical (unpaired) electrons. The van der Waals surface area contributed by atoms with Crippen molar-refractivity contribution in [3.05, 3.63) is 65.9 Å². The number of aryl methyl sites for hydroxylation is 1. The molecule has 3 aromatic rings. The zero-order chi connectivity index (χ0) is 19.6. The number of ether oxygens (including phenoxy) is 1. The van der Waals surface area contributed by atoms with Crippen LogP contribution in [-0.4, -0.2) is 28.3 Å². The molecule has 1 N–H and O–H groups in total. The molecule has 27 heavy (non-hydrogen) atoms. The molecule has 1 aromatic heterocycles. The van der Waals surface area contributed by atoms with Crippen molar-refractivity contribution in [2.45, 2.75) is 20.0 Å². The third-order valence-electron chi connectivity index (χ3n) is 4.31. The summed E-state index contributed by atoms with van der Waals surface area (Å²) >= 11 is 0. The molecule has 0 aliphatic heterocycles. The molecular weight excluding hydrogens is 344 g/mol. The molecule has 0 bridgehead atoms. The van der Waals surface area contributed by atoms with Crippen LogP contribution < -0.4 is 5.32 Å². The van der Waals surface area contributed by atoms with Gasteiger partial charge in [0.1, 0.15) is 0 Å². The van der Waals surface area contributed by atoms with Crippen molar-refractivity contribution in [3.63, 3.8) is 0 Å².